The van der Waals surface area contributed by atoms with Gasteiger partial charge in [-0.3, -0.25) is 4.79 Å². The third kappa shape index (κ3) is 6.00. The second kappa shape index (κ2) is 10.1. The number of amides is 1. The molecule has 0 fully saturated rings. The van der Waals surface area contributed by atoms with Gasteiger partial charge in [0.2, 0.25) is 5.91 Å². The second-order valence-corrected chi connectivity index (χ2v) is 8.13. The minimum Gasteiger partial charge on any atom is -0.497 e. The van der Waals surface area contributed by atoms with Crippen molar-refractivity contribution in [3.8, 4) is 11.5 Å². The molecule has 0 radical (unpaired) electrons. The van der Waals surface area contributed by atoms with E-state index in [1.807, 2.05) is 53.9 Å². The number of hydrogen-bond donors (Lipinski definition) is 1. The fourth-order valence-corrected chi connectivity index (χ4v) is 4.33. The molecule has 1 heterocycles. The molecule has 3 rings (SSSR count). The maximum absolute atomic E-state index is 12.1. The standard InChI is InChI=1S/C21H22N2O3S2/c1-25-18-8-16(9-19(11-18)26-2)13-27-21-23-17(14-28-21)10-20(24)22-12-15-6-4-3-5-7-15/h3-9,11,14H,10,12-13H2,1-2H3,(H,22,24). The molecule has 0 spiro atoms. The topological polar surface area (TPSA) is 60.5 Å². The molecule has 0 aliphatic heterocycles. The number of rotatable bonds is 9. The van der Waals surface area contributed by atoms with Crippen molar-refractivity contribution in [3.63, 3.8) is 0 Å². The minimum atomic E-state index is -0.0248. The molecule has 0 unspecified atom stereocenters. The second-order valence-electron chi connectivity index (χ2n) is 6.05. The summed E-state index contributed by atoms with van der Waals surface area (Å²) >= 11 is 3.19. The molecular weight excluding hydrogens is 392 g/mol. The molecule has 1 aromatic heterocycles. The predicted molar refractivity (Wildman–Crippen MR) is 113 cm³/mol. The Morgan fingerprint density at radius 3 is 2.46 bits per heavy atom. The number of carbonyl (C=O) groups is 1. The lowest BCUT2D eigenvalue weighted by molar-refractivity contribution is -0.120. The van der Waals surface area contributed by atoms with E-state index in [2.05, 4.69) is 10.3 Å². The van der Waals surface area contributed by atoms with Crippen molar-refractivity contribution >= 4 is 29.0 Å². The Kier molecular flexibility index (Phi) is 7.33. The number of hydrogen-bond acceptors (Lipinski definition) is 6. The van der Waals surface area contributed by atoms with Crippen LogP contribution in [-0.4, -0.2) is 25.1 Å². The molecule has 0 saturated carbocycles. The van der Waals surface area contributed by atoms with Crippen molar-refractivity contribution < 1.29 is 14.3 Å². The molecule has 1 N–H and O–H groups in total. The summed E-state index contributed by atoms with van der Waals surface area (Å²) in [6.45, 7) is 0.531. The molecule has 7 heteroatoms. The fourth-order valence-electron chi connectivity index (χ4n) is 2.55. The van der Waals surface area contributed by atoms with Crippen molar-refractivity contribution in [2.75, 3.05) is 14.2 Å². The number of thiazole rings is 1. The highest BCUT2D eigenvalue weighted by Gasteiger charge is 2.09. The molecule has 0 atom stereocenters. The highest BCUT2D eigenvalue weighted by atomic mass is 32.2. The van der Waals surface area contributed by atoms with Gasteiger partial charge in [-0.05, 0) is 23.3 Å². The highest BCUT2D eigenvalue weighted by molar-refractivity contribution is 8.00. The first-order valence-electron chi connectivity index (χ1n) is 8.76. The molecule has 5 nitrogen and oxygen atoms in total. The number of nitrogens with one attached hydrogen (secondary N) is 1. The Labute approximate surface area is 173 Å². The van der Waals surface area contributed by atoms with Crippen LogP contribution in [0.1, 0.15) is 16.8 Å². The molecule has 146 valence electrons. The monoisotopic (exact) mass is 414 g/mol. The van der Waals surface area contributed by atoms with Crippen LogP contribution in [0.15, 0.2) is 58.3 Å². The van der Waals surface area contributed by atoms with Gasteiger partial charge in [0.25, 0.3) is 0 Å². The zero-order chi connectivity index (χ0) is 19.8. The Morgan fingerprint density at radius 1 is 1.07 bits per heavy atom. The Bertz CT molecular complexity index is 891. The van der Waals surface area contributed by atoms with Crippen LogP contribution >= 0.6 is 23.1 Å². The van der Waals surface area contributed by atoms with Gasteiger partial charge in [-0.25, -0.2) is 4.98 Å². The molecule has 0 saturated heterocycles. The van der Waals surface area contributed by atoms with E-state index in [1.165, 1.54) is 0 Å². The molecule has 2 aromatic carbocycles. The van der Waals surface area contributed by atoms with E-state index in [-0.39, 0.29) is 12.3 Å². The van der Waals surface area contributed by atoms with Gasteiger partial charge in [0.1, 0.15) is 15.8 Å². The minimum absolute atomic E-state index is 0.0248. The van der Waals surface area contributed by atoms with E-state index in [0.29, 0.717) is 6.54 Å². The maximum Gasteiger partial charge on any atom is 0.226 e. The average molecular weight is 415 g/mol. The summed E-state index contributed by atoms with van der Waals surface area (Å²) in [5.41, 5.74) is 2.97. The summed E-state index contributed by atoms with van der Waals surface area (Å²) < 4.78 is 11.5. The normalized spacial score (nSPS) is 10.5. The highest BCUT2D eigenvalue weighted by Crippen LogP contribution is 2.30. The smallest absolute Gasteiger partial charge is 0.226 e. The third-order valence-corrected chi connectivity index (χ3v) is 6.12. The van der Waals surface area contributed by atoms with E-state index >= 15 is 0 Å². The van der Waals surface area contributed by atoms with Crippen LogP contribution in [-0.2, 0) is 23.5 Å². The summed E-state index contributed by atoms with van der Waals surface area (Å²) in [7, 11) is 3.28. The fraction of sp³-hybridized carbons (Fsp3) is 0.238. The number of ether oxygens (including phenoxy) is 2. The van der Waals surface area contributed by atoms with E-state index in [9.17, 15) is 4.79 Å². The van der Waals surface area contributed by atoms with Gasteiger partial charge >= 0.3 is 0 Å². The van der Waals surface area contributed by atoms with Gasteiger partial charge in [-0.2, -0.15) is 0 Å². The van der Waals surface area contributed by atoms with Crippen molar-refractivity contribution in [2.24, 2.45) is 0 Å². The van der Waals surface area contributed by atoms with Gasteiger partial charge < -0.3 is 14.8 Å². The Morgan fingerprint density at radius 2 is 1.79 bits per heavy atom. The number of benzene rings is 2. The van der Waals surface area contributed by atoms with Crippen molar-refractivity contribution in [2.45, 2.75) is 23.1 Å². The summed E-state index contributed by atoms with van der Waals surface area (Å²) in [6, 6.07) is 15.7. The van der Waals surface area contributed by atoms with Crippen LogP contribution in [0.5, 0.6) is 11.5 Å². The lowest BCUT2D eigenvalue weighted by Crippen LogP contribution is -2.24. The molecular formula is C21H22N2O3S2. The van der Waals surface area contributed by atoms with E-state index in [4.69, 9.17) is 9.47 Å². The molecule has 28 heavy (non-hydrogen) atoms. The zero-order valence-electron chi connectivity index (χ0n) is 15.8. The van der Waals surface area contributed by atoms with Crippen LogP contribution in [0.4, 0.5) is 0 Å². The van der Waals surface area contributed by atoms with Gasteiger partial charge in [0.05, 0.1) is 26.3 Å². The molecule has 0 aliphatic carbocycles. The number of nitrogens with zero attached hydrogens (tertiary/aromatic N) is 1. The number of carbonyl (C=O) groups excluding carboxylic acids is 1. The first-order chi connectivity index (χ1) is 13.7. The first-order valence-corrected chi connectivity index (χ1v) is 10.6. The molecule has 0 aliphatic rings. The summed E-state index contributed by atoms with van der Waals surface area (Å²) in [6.07, 6.45) is 0.289. The lowest BCUT2D eigenvalue weighted by Gasteiger charge is -2.07. The van der Waals surface area contributed by atoms with E-state index in [1.54, 1.807) is 37.3 Å². The lowest BCUT2D eigenvalue weighted by atomic mass is 10.2. The predicted octanol–water partition coefficient (Wildman–Crippen LogP) is 4.31. The van der Waals surface area contributed by atoms with Gasteiger partial charge in [-0.1, -0.05) is 42.1 Å². The SMILES string of the molecule is COc1cc(CSc2nc(CC(=O)NCc3ccccc3)cs2)cc(OC)c1. The van der Waals surface area contributed by atoms with Crippen LogP contribution in [0, 0.1) is 0 Å². The summed E-state index contributed by atoms with van der Waals surface area (Å²) in [5, 5.41) is 4.87. The van der Waals surface area contributed by atoms with Gasteiger partial charge in [0.15, 0.2) is 0 Å². The number of methoxy groups -OCH3 is 2. The summed E-state index contributed by atoms with van der Waals surface area (Å²) in [5.74, 6) is 2.26. The molecule has 1 amide bonds. The van der Waals surface area contributed by atoms with Gasteiger partial charge in [-0.15, -0.1) is 11.3 Å². The van der Waals surface area contributed by atoms with Crippen LogP contribution < -0.4 is 14.8 Å². The van der Waals surface area contributed by atoms with Crippen LogP contribution in [0.25, 0.3) is 0 Å². The Balaban J connectivity index is 1.51. The van der Waals surface area contributed by atoms with Crippen molar-refractivity contribution in [1.29, 1.82) is 0 Å². The first kappa shape index (κ1) is 20.2. The maximum atomic E-state index is 12.1. The number of thioether (sulfide) groups is 1. The molecule has 3 aromatic rings. The van der Waals surface area contributed by atoms with Crippen LogP contribution in [0.3, 0.4) is 0 Å². The molecule has 0 bridgehead atoms. The average Bonchev–Trinajstić information content (AvgIpc) is 3.18. The van der Waals surface area contributed by atoms with Crippen LogP contribution in [0.2, 0.25) is 0 Å². The van der Waals surface area contributed by atoms with Crippen molar-refractivity contribution in [3.05, 3.63) is 70.7 Å². The van der Waals surface area contributed by atoms with E-state index in [0.717, 1.165) is 38.4 Å². The van der Waals surface area contributed by atoms with E-state index < -0.39 is 0 Å². The van der Waals surface area contributed by atoms with Crippen molar-refractivity contribution in [1.82, 2.24) is 10.3 Å². The number of aromatic nitrogens is 1. The largest absolute Gasteiger partial charge is 0.497 e. The Hall–Kier alpha value is -2.51. The van der Waals surface area contributed by atoms with Gasteiger partial charge in [0, 0.05) is 23.7 Å². The third-order valence-electron chi connectivity index (χ3n) is 3.98. The zero-order valence-corrected chi connectivity index (χ0v) is 17.4. The summed E-state index contributed by atoms with van der Waals surface area (Å²) in [4.78, 5) is 16.7. The quantitative estimate of drug-likeness (QED) is 0.529.